The molecule has 30 heavy (non-hydrogen) atoms. The van der Waals surface area contributed by atoms with Gasteiger partial charge in [0.05, 0.1) is 24.0 Å². The van der Waals surface area contributed by atoms with Gasteiger partial charge in [0, 0.05) is 0 Å². The highest BCUT2D eigenvalue weighted by Crippen LogP contribution is 2.34. The predicted octanol–water partition coefficient (Wildman–Crippen LogP) is 5.29. The molecule has 2 aromatic rings. The van der Waals surface area contributed by atoms with E-state index in [0.717, 1.165) is 12.1 Å². The Bertz CT molecular complexity index is 873. The van der Waals surface area contributed by atoms with Crippen molar-refractivity contribution in [2.45, 2.75) is 25.2 Å². The highest BCUT2D eigenvalue weighted by Gasteiger charge is 2.35. The van der Waals surface area contributed by atoms with Crippen molar-refractivity contribution in [1.82, 2.24) is 0 Å². The van der Waals surface area contributed by atoms with E-state index in [4.69, 9.17) is 0 Å². The minimum absolute atomic E-state index is 0.253. The molecule has 0 aliphatic heterocycles. The largest absolute Gasteiger partial charge is 0.426 e. The van der Waals surface area contributed by atoms with E-state index < -0.39 is 71.4 Å². The average molecular weight is 442 g/mol. The Kier molecular flexibility index (Phi) is 6.68. The second kappa shape index (κ2) is 8.67. The molecule has 4 nitrogen and oxygen atoms in total. The van der Waals surface area contributed by atoms with Crippen LogP contribution in [0, 0.1) is 11.6 Å². The molecular formula is C18H10F8O4. The Morgan fingerprint density at radius 3 is 1.30 bits per heavy atom. The molecule has 0 heterocycles. The van der Waals surface area contributed by atoms with Crippen molar-refractivity contribution in [2.75, 3.05) is 0 Å². The molecular weight excluding hydrogens is 432 g/mol. The van der Waals surface area contributed by atoms with Crippen molar-refractivity contribution in [2.24, 2.45) is 0 Å². The summed E-state index contributed by atoms with van der Waals surface area (Å²) in [4.78, 5) is 23.3. The van der Waals surface area contributed by atoms with E-state index in [2.05, 4.69) is 9.47 Å². The summed E-state index contributed by atoms with van der Waals surface area (Å²) in [5, 5.41) is 0. The first-order valence-electron chi connectivity index (χ1n) is 7.92. The van der Waals surface area contributed by atoms with Gasteiger partial charge in [0.2, 0.25) is 0 Å². The molecule has 0 spiro atoms. The lowest BCUT2D eigenvalue weighted by molar-refractivity contribution is -0.142. The second-order valence-corrected chi connectivity index (χ2v) is 5.73. The van der Waals surface area contributed by atoms with E-state index in [1.54, 1.807) is 0 Å². The molecule has 0 bridgehead atoms. The lowest BCUT2D eigenvalue weighted by Crippen LogP contribution is -2.15. The van der Waals surface area contributed by atoms with Crippen molar-refractivity contribution in [1.29, 1.82) is 0 Å². The van der Waals surface area contributed by atoms with Crippen molar-refractivity contribution in [3.05, 3.63) is 59.2 Å². The van der Waals surface area contributed by atoms with E-state index in [-0.39, 0.29) is 12.1 Å². The normalized spacial score (nSPS) is 11.9. The van der Waals surface area contributed by atoms with Gasteiger partial charge >= 0.3 is 24.3 Å². The van der Waals surface area contributed by atoms with Gasteiger partial charge in [-0.1, -0.05) is 0 Å². The van der Waals surface area contributed by atoms with E-state index in [1.165, 1.54) is 0 Å². The van der Waals surface area contributed by atoms with Gasteiger partial charge in [-0.25, -0.2) is 8.78 Å². The molecule has 0 unspecified atom stereocenters. The zero-order valence-electron chi connectivity index (χ0n) is 14.5. The maximum absolute atomic E-state index is 13.2. The highest BCUT2D eigenvalue weighted by atomic mass is 19.4. The Morgan fingerprint density at radius 1 is 0.667 bits per heavy atom. The Morgan fingerprint density at radius 2 is 1.00 bits per heavy atom. The Labute approximate surface area is 163 Å². The minimum Gasteiger partial charge on any atom is -0.426 e. The summed E-state index contributed by atoms with van der Waals surface area (Å²) in [5.41, 5.74) is -3.33. The maximum atomic E-state index is 13.2. The van der Waals surface area contributed by atoms with Crippen LogP contribution in [0.3, 0.4) is 0 Å². The molecule has 0 aliphatic carbocycles. The van der Waals surface area contributed by atoms with Gasteiger partial charge in [0.15, 0.2) is 0 Å². The van der Waals surface area contributed by atoms with Gasteiger partial charge < -0.3 is 9.47 Å². The predicted molar refractivity (Wildman–Crippen MR) is 83.3 cm³/mol. The van der Waals surface area contributed by atoms with Crippen LogP contribution in [0.2, 0.25) is 0 Å². The number of carbonyl (C=O) groups is 2. The number of benzene rings is 2. The first-order chi connectivity index (χ1) is 13.8. The standard InChI is InChI=1S/C18H10F8O4/c19-13-3-1-9(7-11(13)17(21,22)23)29-15(27)5-6-16(28)30-10-2-4-14(20)12(8-10)18(24,25)26/h1-4,7-8H,5-6H2. The van der Waals surface area contributed by atoms with Gasteiger partial charge in [-0.3, -0.25) is 9.59 Å². The summed E-state index contributed by atoms with van der Waals surface area (Å²) in [5.74, 6) is -6.78. The fourth-order valence-corrected chi connectivity index (χ4v) is 2.14. The van der Waals surface area contributed by atoms with Crippen molar-refractivity contribution < 1.29 is 54.2 Å². The van der Waals surface area contributed by atoms with Gasteiger partial charge in [-0.05, 0) is 36.4 Å². The Hall–Kier alpha value is -3.18. The molecule has 0 aromatic heterocycles. The SMILES string of the molecule is O=C(CCC(=O)Oc1ccc(F)c(C(F)(F)F)c1)Oc1ccc(F)c(C(F)(F)F)c1. The van der Waals surface area contributed by atoms with Crippen molar-refractivity contribution in [3.63, 3.8) is 0 Å². The van der Waals surface area contributed by atoms with Crippen LogP contribution in [0.5, 0.6) is 11.5 Å². The lowest BCUT2D eigenvalue weighted by Gasteiger charge is -2.11. The quantitative estimate of drug-likeness (QED) is 0.359. The summed E-state index contributed by atoms with van der Waals surface area (Å²) in [6.07, 6.45) is -11.5. The molecule has 0 fully saturated rings. The number of alkyl halides is 6. The zero-order valence-corrected chi connectivity index (χ0v) is 14.5. The fourth-order valence-electron chi connectivity index (χ4n) is 2.14. The van der Waals surface area contributed by atoms with Crippen LogP contribution < -0.4 is 9.47 Å². The molecule has 0 amide bonds. The van der Waals surface area contributed by atoms with Crippen LogP contribution in [0.25, 0.3) is 0 Å². The summed E-state index contributed by atoms with van der Waals surface area (Å²) >= 11 is 0. The number of halogens is 8. The third-order valence-corrected chi connectivity index (χ3v) is 3.48. The fraction of sp³-hybridized carbons (Fsp3) is 0.222. The maximum Gasteiger partial charge on any atom is 0.419 e. The van der Waals surface area contributed by atoms with E-state index in [0.29, 0.717) is 12.1 Å². The molecule has 2 aromatic carbocycles. The molecule has 0 atom stereocenters. The molecule has 12 heteroatoms. The lowest BCUT2D eigenvalue weighted by atomic mass is 10.2. The molecule has 0 saturated heterocycles. The monoisotopic (exact) mass is 442 g/mol. The first kappa shape index (κ1) is 23.1. The molecule has 162 valence electrons. The third-order valence-electron chi connectivity index (χ3n) is 3.48. The van der Waals surface area contributed by atoms with E-state index in [9.17, 15) is 44.7 Å². The summed E-state index contributed by atoms with van der Waals surface area (Å²) in [7, 11) is 0. The van der Waals surface area contributed by atoms with Crippen LogP contribution in [-0.4, -0.2) is 11.9 Å². The Balaban J connectivity index is 1.95. The molecule has 0 N–H and O–H groups in total. The van der Waals surface area contributed by atoms with Crippen LogP contribution in [-0.2, 0) is 21.9 Å². The van der Waals surface area contributed by atoms with Gasteiger partial charge in [0.25, 0.3) is 0 Å². The first-order valence-corrected chi connectivity index (χ1v) is 7.92. The topological polar surface area (TPSA) is 52.6 Å². The summed E-state index contributed by atoms with van der Waals surface area (Å²) < 4.78 is 111. The van der Waals surface area contributed by atoms with Crippen LogP contribution in [0.4, 0.5) is 35.1 Å². The summed E-state index contributed by atoms with van der Waals surface area (Å²) in [6, 6.07) is 2.90. The van der Waals surface area contributed by atoms with E-state index in [1.807, 2.05) is 0 Å². The number of carbonyl (C=O) groups excluding carboxylic acids is 2. The number of rotatable bonds is 5. The smallest absolute Gasteiger partial charge is 0.419 e. The minimum atomic E-state index is -5.03. The second-order valence-electron chi connectivity index (χ2n) is 5.73. The molecule has 0 saturated carbocycles. The number of esters is 2. The number of hydrogen-bond donors (Lipinski definition) is 0. The van der Waals surface area contributed by atoms with Gasteiger partial charge in [-0.15, -0.1) is 0 Å². The highest BCUT2D eigenvalue weighted by molar-refractivity contribution is 5.80. The number of ether oxygens (including phenoxy) is 2. The molecule has 0 aliphatic rings. The van der Waals surface area contributed by atoms with Crippen molar-refractivity contribution >= 4 is 11.9 Å². The van der Waals surface area contributed by atoms with Crippen LogP contribution >= 0.6 is 0 Å². The number of hydrogen-bond acceptors (Lipinski definition) is 4. The van der Waals surface area contributed by atoms with Gasteiger partial charge in [0.1, 0.15) is 23.1 Å². The molecule has 0 radical (unpaired) electrons. The summed E-state index contributed by atoms with van der Waals surface area (Å²) in [6.45, 7) is 0. The average Bonchev–Trinajstić information content (AvgIpc) is 2.61. The van der Waals surface area contributed by atoms with Crippen molar-refractivity contribution in [3.8, 4) is 11.5 Å². The van der Waals surface area contributed by atoms with Crippen LogP contribution in [0.1, 0.15) is 24.0 Å². The van der Waals surface area contributed by atoms with Gasteiger partial charge in [-0.2, -0.15) is 26.3 Å². The van der Waals surface area contributed by atoms with E-state index >= 15 is 0 Å². The van der Waals surface area contributed by atoms with Crippen LogP contribution in [0.15, 0.2) is 36.4 Å². The molecule has 2 rings (SSSR count). The zero-order chi connectivity index (χ0) is 22.7. The third kappa shape index (κ3) is 6.16.